The summed E-state index contributed by atoms with van der Waals surface area (Å²) >= 11 is 6.43. The number of benzene rings is 2. The summed E-state index contributed by atoms with van der Waals surface area (Å²) in [6.45, 7) is 4.15. The third kappa shape index (κ3) is 9.76. The summed E-state index contributed by atoms with van der Waals surface area (Å²) in [4.78, 5) is 42.1. The quantitative estimate of drug-likeness (QED) is 0.197. The Hall–Kier alpha value is -3.48. The number of hydrogen-bond donors (Lipinski definition) is 2. The molecule has 0 spiro atoms. The van der Waals surface area contributed by atoms with E-state index in [1.54, 1.807) is 29.2 Å². The summed E-state index contributed by atoms with van der Waals surface area (Å²) in [5, 5.41) is 5.32. The summed E-state index contributed by atoms with van der Waals surface area (Å²) in [5.74, 6) is -6.52. The molecule has 1 heterocycles. The Morgan fingerprint density at radius 1 is 0.978 bits per heavy atom. The molecule has 0 aromatic heterocycles. The first-order chi connectivity index (χ1) is 21.3. The minimum atomic E-state index is -4.78. The van der Waals surface area contributed by atoms with Crippen LogP contribution in [0, 0.1) is 11.8 Å². The highest BCUT2D eigenvalue weighted by Gasteiger charge is 2.43. The molecule has 0 bridgehead atoms. The van der Waals surface area contributed by atoms with E-state index in [1.165, 1.54) is 20.8 Å². The topological polar surface area (TPSA) is 87.7 Å². The van der Waals surface area contributed by atoms with Crippen molar-refractivity contribution in [3.63, 3.8) is 0 Å². The van der Waals surface area contributed by atoms with Crippen LogP contribution >= 0.6 is 11.6 Å². The average Bonchev–Trinajstić information content (AvgIpc) is 3.78. The number of alkyl halides is 6. The SMILES string of the molecule is CC(C)(C)OC(=O)[C@@H](CCC(F)(F)F)[C@@H](CCC(F)(F)F)C(=O)N[C@H]1CN(c2cccc(C3CC3)c2)c2cccc(Cl)c2NC1=O. The van der Waals surface area contributed by atoms with Crippen LogP contribution in [-0.2, 0) is 19.1 Å². The highest BCUT2D eigenvalue weighted by Crippen LogP contribution is 2.44. The van der Waals surface area contributed by atoms with Gasteiger partial charge in [0.15, 0.2) is 0 Å². The number of esters is 1. The largest absolute Gasteiger partial charge is 0.460 e. The van der Waals surface area contributed by atoms with Crippen LogP contribution in [0.25, 0.3) is 0 Å². The molecule has 0 unspecified atom stereocenters. The molecule has 1 aliphatic heterocycles. The molecule has 2 N–H and O–H groups in total. The molecule has 2 aliphatic rings. The molecule has 3 atom stereocenters. The summed E-state index contributed by atoms with van der Waals surface area (Å²) in [5.41, 5.74) is 1.28. The van der Waals surface area contributed by atoms with Crippen LogP contribution in [0.4, 0.5) is 43.4 Å². The number of anilines is 3. The third-order valence-electron chi connectivity index (χ3n) is 7.77. The van der Waals surface area contributed by atoms with Crippen molar-refractivity contribution < 1.29 is 45.5 Å². The number of amides is 2. The van der Waals surface area contributed by atoms with E-state index in [9.17, 15) is 40.7 Å². The number of carbonyl (C=O) groups excluding carboxylic acids is 3. The number of halogens is 7. The molecular weight excluding hydrogens is 640 g/mol. The van der Waals surface area contributed by atoms with E-state index in [-0.39, 0.29) is 17.3 Å². The van der Waals surface area contributed by atoms with Gasteiger partial charge < -0.3 is 20.3 Å². The van der Waals surface area contributed by atoms with E-state index in [0.717, 1.165) is 18.4 Å². The first-order valence-corrected chi connectivity index (χ1v) is 15.3. The number of fused-ring (bicyclic) bond motifs is 1. The van der Waals surface area contributed by atoms with Crippen molar-refractivity contribution in [2.75, 3.05) is 16.8 Å². The molecule has 1 aliphatic carbocycles. The molecule has 4 rings (SSSR count). The summed E-state index contributed by atoms with van der Waals surface area (Å²) < 4.78 is 85.2. The van der Waals surface area contributed by atoms with Gasteiger partial charge in [-0.15, -0.1) is 0 Å². The zero-order chi connectivity index (χ0) is 34.0. The fourth-order valence-electron chi connectivity index (χ4n) is 5.45. The molecule has 0 radical (unpaired) electrons. The third-order valence-corrected chi connectivity index (χ3v) is 8.08. The van der Waals surface area contributed by atoms with Gasteiger partial charge in [-0.25, -0.2) is 0 Å². The molecule has 7 nitrogen and oxygen atoms in total. The fourth-order valence-corrected chi connectivity index (χ4v) is 5.66. The summed E-state index contributed by atoms with van der Waals surface area (Å²) in [7, 11) is 0. The minimum absolute atomic E-state index is 0.190. The smallest absolute Gasteiger partial charge is 0.389 e. The van der Waals surface area contributed by atoms with Gasteiger partial charge in [0.25, 0.3) is 0 Å². The molecule has 1 saturated carbocycles. The first kappa shape index (κ1) is 35.4. The van der Waals surface area contributed by atoms with Gasteiger partial charge >= 0.3 is 18.3 Å². The normalized spacial score (nSPS) is 18.6. The van der Waals surface area contributed by atoms with Gasteiger partial charge in [0, 0.05) is 18.5 Å². The second-order valence-corrected chi connectivity index (χ2v) is 13.1. The van der Waals surface area contributed by atoms with Crippen LogP contribution < -0.4 is 15.5 Å². The zero-order valence-electron chi connectivity index (χ0n) is 25.5. The lowest BCUT2D eigenvalue weighted by molar-refractivity contribution is -0.171. The van der Waals surface area contributed by atoms with E-state index in [1.807, 2.05) is 18.2 Å². The lowest BCUT2D eigenvalue weighted by atomic mass is 9.83. The predicted molar refractivity (Wildman–Crippen MR) is 161 cm³/mol. The molecular formula is C32H36ClF6N3O4. The minimum Gasteiger partial charge on any atom is -0.460 e. The van der Waals surface area contributed by atoms with Crippen molar-refractivity contribution in [2.45, 2.75) is 89.2 Å². The van der Waals surface area contributed by atoms with Crippen LogP contribution in [0.3, 0.4) is 0 Å². The highest BCUT2D eigenvalue weighted by atomic mass is 35.5. The molecule has 14 heteroatoms. The lowest BCUT2D eigenvalue weighted by Crippen LogP contribution is -2.52. The number of nitrogens with one attached hydrogen (secondary N) is 2. The van der Waals surface area contributed by atoms with Crippen molar-refractivity contribution in [3.05, 3.63) is 53.1 Å². The van der Waals surface area contributed by atoms with Crippen molar-refractivity contribution >= 4 is 46.4 Å². The van der Waals surface area contributed by atoms with Crippen molar-refractivity contribution in [1.29, 1.82) is 0 Å². The maximum absolute atomic E-state index is 13.8. The highest BCUT2D eigenvalue weighted by molar-refractivity contribution is 6.34. The first-order valence-electron chi connectivity index (χ1n) is 14.9. The number of nitrogens with zero attached hydrogens (tertiary/aromatic N) is 1. The van der Waals surface area contributed by atoms with E-state index < -0.39 is 79.3 Å². The van der Waals surface area contributed by atoms with E-state index in [4.69, 9.17) is 16.3 Å². The van der Waals surface area contributed by atoms with Crippen molar-refractivity contribution in [1.82, 2.24) is 5.32 Å². The molecule has 2 aromatic rings. The Bertz CT molecular complexity index is 1440. The second kappa shape index (κ2) is 13.7. The van der Waals surface area contributed by atoms with Gasteiger partial charge in [-0.05, 0) is 82.2 Å². The Kier molecular flexibility index (Phi) is 10.5. The van der Waals surface area contributed by atoms with Crippen LogP contribution in [0.1, 0.15) is 70.8 Å². The number of hydrogen-bond acceptors (Lipinski definition) is 5. The Labute approximate surface area is 268 Å². The van der Waals surface area contributed by atoms with E-state index in [2.05, 4.69) is 10.6 Å². The monoisotopic (exact) mass is 675 g/mol. The van der Waals surface area contributed by atoms with Crippen LogP contribution in [0.5, 0.6) is 0 Å². The van der Waals surface area contributed by atoms with E-state index in [0.29, 0.717) is 17.3 Å². The van der Waals surface area contributed by atoms with Gasteiger partial charge in [-0.3, -0.25) is 14.4 Å². The average molecular weight is 676 g/mol. The van der Waals surface area contributed by atoms with Gasteiger partial charge in [0.05, 0.1) is 34.8 Å². The Balaban J connectivity index is 1.69. The number of rotatable bonds is 10. The zero-order valence-corrected chi connectivity index (χ0v) is 26.3. The van der Waals surface area contributed by atoms with Gasteiger partial charge in [-0.2, -0.15) is 26.3 Å². The molecule has 252 valence electrons. The Morgan fingerprint density at radius 2 is 1.59 bits per heavy atom. The van der Waals surface area contributed by atoms with Gasteiger partial charge in [0.2, 0.25) is 11.8 Å². The fraction of sp³-hybridized carbons (Fsp3) is 0.531. The van der Waals surface area contributed by atoms with E-state index >= 15 is 0 Å². The maximum Gasteiger partial charge on any atom is 0.389 e. The number of carbonyl (C=O) groups is 3. The van der Waals surface area contributed by atoms with Crippen molar-refractivity contribution in [3.8, 4) is 0 Å². The van der Waals surface area contributed by atoms with Gasteiger partial charge in [-0.1, -0.05) is 29.8 Å². The standard InChI is InChI=1S/C32H36ClF6N3O4/c1-30(2,3)46-29(45)22(13-15-32(37,38)39)21(12-14-31(34,35)36)27(43)40-24-17-42(20-7-4-6-19(16-20)18-10-11-18)25-9-5-8-23(33)26(25)41-28(24)44/h4-9,16,18,21-22,24H,10-15,17H2,1-3H3,(H,40,43)(H,41,44)/t21-,22+,24+/m1/s1. The Morgan fingerprint density at radius 3 is 2.17 bits per heavy atom. The van der Waals surface area contributed by atoms with Crippen LogP contribution in [-0.4, -0.2) is 48.3 Å². The molecule has 0 saturated heterocycles. The predicted octanol–water partition coefficient (Wildman–Crippen LogP) is 8.05. The number of ether oxygens (including phenoxy) is 1. The second-order valence-electron chi connectivity index (χ2n) is 12.7. The van der Waals surface area contributed by atoms with Crippen LogP contribution in [0.15, 0.2) is 42.5 Å². The number of para-hydroxylation sites is 1. The molecule has 1 fully saturated rings. The summed E-state index contributed by atoms with van der Waals surface area (Å²) in [6, 6.07) is 11.1. The maximum atomic E-state index is 13.8. The van der Waals surface area contributed by atoms with Crippen molar-refractivity contribution in [2.24, 2.45) is 11.8 Å². The molecule has 2 aromatic carbocycles. The lowest BCUT2D eigenvalue weighted by Gasteiger charge is -2.31. The van der Waals surface area contributed by atoms with Gasteiger partial charge in [0.1, 0.15) is 11.6 Å². The summed E-state index contributed by atoms with van der Waals surface area (Å²) in [6.07, 6.45) is -12.5. The molecule has 46 heavy (non-hydrogen) atoms. The van der Waals surface area contributed by atoms with Crippen LogP contribution in [0.2, 0.25) is 5.02 Å². The molecule has 2 amide bonds.